The van der Waals surface area contributed by atoms with Crippen molar-refractivity contribution in [2.45, 2.75) is 19.8 Å². The lowest BCUT2D eigenvalue weighted by Gasteiger charge is -2.30. The SMILES string of the molecule is CCOC(=O)C1=C(CBr)NC(C)=C(C(=O)OC)[C@H]1c1cccc([N+](=O)[O-])c1. The van der Waals surface area contributed by atoms with Gasteiger partial charge in [-0.2, -0.15) is 0 Å². The fourth-order valence-corrected chi connectivity index (χ4v) is 3.43. The zero-order valence-corrected chi connectivity index (χ0v) is 16.7. The second kappa shape index (κ2) is 8.81. The number of ether oxygens (including phenoxy) is 2. The van der Waals surface area contributed by atoms with E-state index in [4.69, 9.17) is 9.47 Å². The highest BCUT2D eigenvalue weighted by Crippen LogP contribution is 2.40. The lowest BCUT2D eigenvalue weighted by atomic mass is 9.80. The summed E-state index contributed by atoms with van der Waals surface area (Å²) in [4.78, 5) is 35.8. The molecule has 1 heterocycles. The molecule has 0 fully saturated rings. The number of rotatable bonds is 6. The molecule has 8 nitrogen and oxygen atoms in total. The van der Waals surface area contributed by atoms with Crippen LogP contribution < -0.4 is 5.32 Å². The van der Waals surface area contributed by atoms with Gasteiger partial charge < -0.3 is 14.8 Å². The van der Waals surface area contributed by atoms with Crippen LogP contribution in [0.5, 0.6) is 0 Å². The number of hydrogen-bond donors (Lipinski definition) is 1. The molecule has 144 valence electrons. The number of methoxy groups -OCH3 is 1. The van der Waals surface area contributed by atoms with Crippen molar-refractivity contribution in [2.24, 2.45) is 0 Å². The number of non-ortho nitro benzene ring substituents is 1. The summed E-state index contributed by atoms with van der Waals surface area (Å²) < 4.78 is 10.1. The van der Waals surface area contributed by atoms with E-state index in [-0.39, 0.29) is 23.4 Å². The van der Waals surface area contributed by atoms with Crippen LogP contribution in [-0.2, 0) is 19.1 Å². The molecule has 0 saturated carbocycles. The van der Waals surface area contributed by atoms with Gasteiger partial charge in [-0.05, 0) is 19.4 Å². The van der Waals surface area contributed by atoms with Crippen LogP contribution in [0, 0.1) is 10.1 Å². The highest BCUT2D eigenvalue weighted by Gasteiger charge is 2.38. The van der Waals surface area contributed by atoms with Crippen LogP contribution in [0.1, 0.15) is 25.3 Å². The number of nitrogens with one attached hydrogen (secondary N) is 1. The molecule has 0 amide bonds. The molecule has 1 aliphatic heterocycles. The summed E-state index contributed by atoms with van der Waals surface area (Å²) in [6, 6.07) is 5.83. The Bertz CT molecular complexity index is 846. The van der Waals surface area contributed by atoms with E-state index in [1.807, 2.05) is 0 Å². The molecule has 27 heavy (non-hydrogen) atoms. The molecule has 1 aromatic carbocycles. The Morgan fingerprint density at radius 2 is 2.00 bits per heavy atom. The van der Waals surface area contributed by atoms with E-state index in [0.717, 1.165) is 0 Å². The monoisotopic (exact) mass is 438 g/mol. The van der Waals surface area contributed by atoms with Gasteiger partial charge in [-0.15, -0.1) is 0 Å². The number of benzene rings is 1. The minimum Gasteiger partial charge on any atom is -0.466 e. The van der Waals surface area contributed by atoms with E-state index in [9.17, 15) is 19.7 Å². The number of allylic oxidation sites excluding steroid dienone is 2. The molecule has 0 spiro atoms. The van der Waals surface area contributed by atoms with Crippen LogP contribution in [0.2, 0.25) is 0 Å². The van der Waals surface area contributed by atoms with Gasteiger partial charge in [-0.3, -0.25) is 10.1 Å². The molecular weight excluding hydrogens is 420 g/mol. The average Bonchev–Trinajstić information content (AvgIpc) is 2.66. The van der Waals surface area contributed by atoms with Crippen molar-refractivity contribution in [3.05, 3.63) is 62.5 Å². The maximum Gasteiger partial charge on any atom is 0.336 e. The number of alkyl halides is 1. The van der Waals surface area contributed by atoms with Gasteiger partial charge in [0, 0.05) is 28.9 Å². The van der Waals surface area contributed by atoms with Gasteiger partial charge in [-0.25, -0.2) is 9.59 Å². The van der Waals surface area contributed by atoms with Gasteiger partial charge >= 0.3 is 11.9 Å². The first kappa shape index (κ1) is 20.6. The van der Waals surface area contributed by atoms with Crippen LogP contribution in [0.15, 0.2) is 46.8 Å². The highest BCUT2D eigenvalue weighted by molar-refractivity contribution is 9.09. The van der Waals surface area contributed by atoms with Gasteiger partial charge in [0.2, 0.25) is 0 Å². The molecule has 0 unspecified atom stereocenters. The van der Waals surface area contributed by atoms with Gasteiger partial charge in [0.1, 0.15) is 0 Å². The largest absolute Gasteiger partial charge is 0.466 e. The number of halogens is 1. The van der Waals surface area contributed by atoms with Crippen molar-refractivity contribution in [1.29, 1.82) is 0 Å². The number of carbonyl (C=O) groups is 2. The second-order valence-electron chi connectivity index (χ2n) is 5.69. The molecule has 2 rings (SSSR count). The third-order valence-electron chi connectivity index (χ3n) is 4.09. The minimum atomic E-state index is -0.856. The van der Waals surface area contributed by atoms with Gasteiger partial charge in [0.05, 0.1) is 35.7 Å². The standard InChI is InChI=1S/C18H19BrN2O6/c1-4-27-18(23)16-13(9-19)20-10(2)14(17(22)26-3)15(16)11-6-5-7-12(8-11)21(24)25/h5-8,15,20H,4,9H2,1-3H3/t15-/m1/s1. The van der Waals surface area contributed by atoms with Crippen LogP contribution in [0.4, 0.5) is 5.69 Å². The number of nitro benzene ring substituents is 1. The molecule has 0 aliphatic carbocycles. The summed E-state index contributed by atoms with van der Waals surface area (Å²) in [5.74, 6) is -2.10. The molecule has 9 heteroatoms. The van der Waals surface area contributed by atoms with Crippen molar-refractivity contribution in [1.82, 2.24) is 5.32 Å². The lowest BCUT2D eigenvalue weighted by Crippen LogP contribution is -2.33. The molecule has 1 N–H and O–H groups in total. The first-order chi connectivity index (χ1) is 12.8. The normalized spacial score (nSPS) is 16.7. The summed E-state index contributed by atoms with van der Waals surface area (Å²) in [7, 11) is 1.24. The summed E-state index contributed by atoms with van der Waals surface area (Å²) in [5, 5.41) is 14.5. The summed E-state index contributed by atoms with van der Waals surface area (Å²) in [6.45, 7) is 3.50. The van der Waals surface area contributed by atoms with Crippen molar-refractivity contribution >= 4 is 33.6 Å². The number of nitro groups is 1. The van der Waals surface area contributed by atoms with Gasteiger partial charge in [0.15, 0.2) is 0 Å². The predicted molar refractivity (Wildman–Crippen MR) is 101 cm³/mol. The van der Waals surface area contributed by atoms with Crippen molar-refractivity contribution in [3.63, 3.8) is 0 Å². The Balaban J connectivity index is 2.74. The summed E-state index contributed by atoms with van der Waals surface area (Å²) >= 11 is 3.33. The van der Waals surface area contributed by atoms with E-state index in [1.165, 1.54) is 25.3 Å². The van der Waals surface area contributed by atoms with Crippen molar-refractivity contribution in [2.75, 3.05) is 19.0 Å². The summed E-state index contributed by atoms with van der Waals surface area (Å²) in [6.07, 6.45) is 0. The van der Waals surface area contributed by atoms with E-state index in [0.29, 0.717) is 22.3 Å². The smallest absolute Gasteiger partial charge is 0.336 e. The maximum atomic E-state index is 12.7. The minimum absolute atomic E-state index is 0.142. The molecule has 1 atom stereocenters. The highest BCUT2D eigenvalue weighted by atomic mass is 79.9. The van der Waals surface area contributed by atoms with E-state index >= 15 is 0 Å². The maximum absolute atomic E-state index is 12.7. The third-order valence-corrected chi connectivity index (χ3v) is 4.65. The van der Waals surface area contributed by atoms with E-state index < -0.39 is 22.8 Å². The quantitative estimate of drug-likeness (QED) is 0.314. The Morgan fingerprint density at radius 1 is 1.30 bits per heavy atom. The van der Waals surface area contributed by atoms with Crippen LogP contribution in [0.25, 0.3) is 0 Å². The fourth-order valence-electron chi connectivity index (χ4n) is 2.98. The summed E-state index contributed by atoms with van der Waals surface area (Å²) in [5.41, 5.74) is 1.71. The van der Waals surface area contributed by atoms with Gasteiger partial charge in [0.25, 0.3) is 5.69 Å². The average molecular weight is 439 g/mol. The third kappa shape index (κ3) is 4.19. The molecule has 0 saturated heterocycles. The Labute approximate surface area is 164 Å². The Kier molecular flexibility index (Phi) is 6.73. The molecule has 0 radical (unpaired) electrons. The van der Waals surface area contributed by atoms with E-state index in [1.54, 1.807) is 19.9 Å². The van der Waals surface area contributed by atoms with Crippen molar-refractivity contribution < 1.29 is 24.0 Å². The zero-order chi connectivity index (χ0) is 20.1. The molecule has 1 aliphatic rings. The van der Waals surface area contributed by atoms with E-state index in [2.05, 4.69) is 21.2 Å². The Morgan fingerprint density at radius 3 is 2.56 bits per heavy atom. The van der Waals surface area contributed by atoms with Crippen LogP contribution in [0.3, 0.4) is 0 Å². The first-order valence-corrected chi connectivity index (χ1v) is 9.24. The first-order valence-electron chi connectivity index (χ1n) is 8.12. The van der Waals surface area contributed by atoms with Gasteiger partial charge in [-0.1, -0.05) is 28.1 Å². The molecule has 1 aromatic rings. The molecular formula is C18H19BrN2O6. The van der Waals surface area contributed by atoms with Crippen molar-refractivity contribution in [3.8, 4) is 0 Å². The number of esters is 2. The predicted octanol–water partition coefficient (Wildman–Crippen LogP) is 2.94. The lowest BCUT2D eigenvalue weighted by molar-refractivity contribution is -0.384. The second-order valence-corrected chi connectivity index (χ2v) is 6.25. The number of dihydropyridines is 1. The number of nitrogens with zero attached hydrogens (tertiary/aromatic N) is 1. The van der Waals surface area contributed by atoms with Crippen LogP contribution >= 0.6 is 15.9 Å². The molecule has 0 bridgehead atoms. The van der Waals surface area contributed by atoms with Crippen LogP contribution in [-0.4, -0.2) is 35.9 Å². The number of carbonyl (C=O) groups excluding carboxylic acids is 2. The topological polar surface area (TPSA) is 108 Å². The Hall–Kier alpha value is -2.68. The number of hydrogen-bond acceptors (Lipinski definition) is 7. The fraction of sp³-hybridized carbons (Fsp3) is 0.333. The zero-order valence-electron chi connectivity index (χ0n) is 15.1. The molecule has 0 aromatic heterocycles.